The van der Waals surface area contributed by atoms with Crippen LogP contribution in [0, 0.1) is 11.8 Å². The number of imide groups is 1. The molecule has 0 aliphatic carbocycles. The van der Waals surface area contributed by atoms with E-state index in [2.05, 4.69) is 43.3 Å². The summed E-state index contributed by atoms with van der Waals surface area (Å²) in [6.45, 7) is -2.41. The molecule has 1 saturated heterocycles. The monoisotopic (exact) mass is 807 g/mol. The van der Waals surface area contributed by atoms with E-state index in [1.165, 1.54) is 0 Å². The minimum Gasteiger partial charge on any atom is -0.349 e. The molecule has 59 heavy (non-hydrogen) atoms. The number of benzene rings is 3. The molecule has 0 aromatic heterocycles. The van der Waals surface area contributed by atoms with Gasteiger partial charge in [-0.15, -0.1) is 5.06 Å². The summed E-state index contributed by atoms with van der Waals surface area (Å²) in [5, 5.41) is 12.4. The Bertz CT molecular complexity index is 2150. The fraction of sp³-hybridized carbons (Fsp3) is 0.293. The van der Waals surface area contributed by atoms with Crippen molar-refractivity contribution in [1.82, 2.24) is 31.6 Å². The molecule has 0 unspecified atom stereocenters. The molecular weight excluding hydrogens is 766 g/mol. The predicted molar refractivity (Wildman–Crippen MR) is 207 cm³/mol. The minimum absolute atomic E-state index is 0.0406. The first-order chi connectivity index (χ1) is 28.5. The Hall–Kier alpha value is -7.39. The van der Waals surface area contributed by atoms with Crippen molar-refractivity contribution in [2.45, 2.75) is 44.7 Å². The maximum atomic E-state index is 13.4. The maximum Gasteiger partial charge on any atom is 0.358 e. The van der Waals surface area contributed by atoms with Gasteiger partial charge in [-0.25, -0.2) is 4.79 Å². The van der Waals surface area contributed by atoms with Gasteiger partial charge < -0.3 is 41.1 Å². The van der Waals surface area contributed by atoms with Gasteiger partial charge in [-0.05, 0) is 29.3 Å². The lowest BCUT2D eigenvalue weighted by atomic mass is 10.0. The average molecular weight is 808 g/mol. The number of carbonyl (C=O) groups excluding carboxylic acids is 9. The van der Waals surface area contributed by atoms with Gasteiger partial charge in [0, 0.05) is 43.2 Å². The van der Waals surface area contributed by atoms with E-state index in [4.69, 9.17) is 4.74 Å². The molecule has 1 fully saturated rings. The Balaban J connectivity index is 1.02. The van der Waals surface area contributed by atoms with Crippen molar-refractivity contribution in [3.63, 3.8) is 0 Å². The Morgan fingerprint density at radius 3 is 2.03 bits per heavy atom. The number of anilines is 1. The fourth-order valence-electron chi connectivity index (χ4n) is 5.78. The zero-order valence-electron chi connectivity index (χ0n) is 31.7. The van der Waals surface area contributed by atoms with Crippen LogP contribution in [0.1, 0.15) is 47.9 Å². The number of ether oxygens (including phenoxy) is 1. The molecular formula is C41H41N7O11. The molecule has 3 aromatic carbocycles. The van der Waals surface area contributed by atoms with Crippen LogP contribution in [0.25, 0.3) is 0 Å². The molecule has 0 saturated carbocycles. The molecule has 2 aliphatic heterocycles. The SMILES string of the molecule is O=C(CCC(=O)N1Cc2ccccc2C#Cc2ccccc21)NCC(=O)NCC(=O)N[C@@H](Cc1ccccc1)C(=O)NCC(=O)NCOCC(=O)ON1C(=O)CCC1=O. The smallest absolute Gasteiger partial charge is 0.349 e. The summed E-state index contributed by atoms with van der Waals surface area (Å²) < 4.78 is 4.98. The molecule has 0 bridgehead atoms. The Morgan fingerprint density at radius 2 is 1.27 bits per heavy atom. The van der Waals surface area contributed by atoms with Crippen molar-refractivity contribution < 1.29 is 52.7 Å². The van der Waals surface area contributed by atoms with Crippen LogP contribution in [-0.2, 0) is 65.7 Å². The highest BCUT2D eigenvalue weighted by molar-refractivity contribution is 6.01. The molecule has 0 radical (unpaired) electrons. The largest absolute Gasteiger partial charge is 0.358 e. The number of rotatable bonds is 18. The second-order valence-electron chi connectivity index (χ2n) is 13.1. The molecule has 2 aliphatic rings. The van der Waals surface area contributed by atoms with Gasteiger partial charge in [0.05, 0.1) is 31.9 Å². The molecule has 0 spiro atoms. The van der Waals surface area contributed by atoms with E-state index >= 15 is 0 Å². The lowest BCUT2D eigenvalue weighted by Gasteiger charge is -2.26. The van der Waals surface area contributed by atoms with Crippen molar-refractivity contribution in [2.24, 2.45) is 0 Å². The molecule has 18 nitrogen and oxygen atoms in total. The van der Waals surface area contributed by atoms with E-state index in [-0.39, 0.29) is 44.6 Å². The molecule has 3 aromatic rings. The lowest BCUT2D eigenvalue weighted by Crippen LogP contribution is -2.52. The third kappa shape index (κ3) is 13.1. The minimum atomic E-state index is -1.16. The Morgan fingerprint density at radius 1 is 0.661 bits per heavy atom. The number of hydrogen-bond acceptors (Lipinski definition) is 11. The maximum absolute atomic E-state index is 13.4. The van der Waals surface area contributed by atoms with E-state index in [0.29, 0.717) is 21.9 Å². The van der Waals surface area contributed by atoms with Crippen LogP contribution in [0.5, 0.6) is 0 Å². The predicted octanol–water partition coefficient (Wildman–Crippen LogP) is -0.513. The summed E-state index contributed by atoms with van der Waals surface area (Å²) in [5.41, 5.74) is 3.66. The topological polar surface area (TPSA) is 239 Å². The zero-order chi connectivity index (χ0) is 42.1. The Labute approximate surface area is 338 Å². The number of carbonyl (C=O) groups is 9. The van der Waals surface area contributed by atoms with Gasteiger partial charge in [0.15, 0.2) is 0 Å². The second kappa shape index (κ2) is 21.2. The molecule has 5 rings (SSSR count). The van der Waals surface area contributed by atoms with Gasteiger partial charge in [0.1, 0.15) is 19.4 Å². The van der Waals surface area contributed by atoms with Gasteiger partial charge in [-0.2, -0.15) is 0 Å². The van der Waals surface area contributed by atoms with E-state index in [9.17, 15) is 43.2 Å². The molecule has 1 atom stereocenters. The van der Waals surface area contributed by atoms with Crippen LogP contribution in [0.2, 0.25) is 0 Å². The van der Waals surface area contributed by atoms with Crippen LogP contribution in [-0.4, -0.2) is 97.3 Å². The number of amides is 8. The summed E-state index contributed by atoms with van der Waals surface area (Å²) in [6, 6.07) is 22.3. The summed E-state index contributed by atoms with van der Waals surface area (Å²) >= 11 is 0. The first-order valence-electron chi connectivity index (χ1n) is 18.5. The third-order valence-electron chi connectivity index (χ3n) is 8.78. The number of hydrogen-bond donors (Lipinski definition) is 5. The summed E-state index contributed by atoms with van der Waals surface area (Å²) in [4.78, 5) is 118. The van der Waals surface area contributed by atoms with E-state index < -0.39 is 86.3 Å². The van der Waals surface area contributed by atoms with E-state index in [0.717, 1.165) is 11.1 Å². The second-order valence-corrected chi connectivity index (χ2v) is 13.1. The van der Waals surface area contributed by atoms with Crippen molar-refractivity contribution in [3.8, 4) is 11.8 Å². The van der Waals surface area contributed by atoms with Crippen LogP contribution >= 0.6 is 0 Å². The lowest BCUT2D eigenvalue weighted by molar-refractivity contribution is -0.200. The average Bonchev–Trinajstić information content (AvgIpc) is 3.55. The van der Waals surface area contributed by atoms with E-state index in [1.54, 1.807) is 47.4 Å². The van der Waals surface area contributed by atoms with Crippen molar-refractivity contribution in [3.05, 3.63) is 101 Å². The molecule has 8 amide bonds. The molecule has 5 N–H and O–H groups in total. The van der Waals surface area contributed by atoms with Crippen LogP contribution in [0.3, 0.4) is 0 Å². The summed E-state index contributed by atoms with van der Waals surface area (Å²) in [5.74, 6) is 0.233. The van der Waals surface area contributed by atoms with Crippen LogP contribution < -0.4 is 31.5 Å². The first kappa shape index (κ1) is 42.7. The number of fused-ring (bicyclic) bond motifs is 2. The van der Waals surface area contributed by atoms with Crippen molar-refractivity contribution in [2.75, 3.05) is 37.9 Å². The Kier molecular flexibility index (Phi) is 15.4. The highest BCUT2D eigenvalue weighted by atomic mass is 16.7. The number of para-hydroxylation sites is 1. The molecule has 306 valence electrons. The van der Waals surface area contributed by atoms with Crippen LogP contribution in [0.4, 0.5) is 5.69 Å². The van der Waals surface area contributed by atoms with Gasteiger partial charge in [-0.1, -0.05) is 72.5 Å². The van der Waals surface area contributed by atoms with Gasteiger partial charge in [0.2, 0.25) is 35.4 Å². The number of nitrogens with zero attached hydrogens (tertiary/aromatic N) is 2. The summed E-state index contributed by atoms with van der Waals surface area (Å²) in [6.07, 6.45) is -0.430. The zero-order valence-corrected chi connectivity index (χ0v) is 31.7. The van der Waals surface area contributed by atoms with E-state index in [1.807, 2.05) is 36.4 Å². The third-order valence-corrected chi connectivity index (χ3v) is 8.78. The normalized spacial score (nSPS) is 13.2. The molecule has 2 heterocycles. The highest BCUT2D eigenvalue weighted by Gasteiger charge is 2.33. The van der Waals surface area contributed by atoms with Crippen molar-refractivity contribution >= 4 is 58.9 Å². The highest BCUT2D eigenvalue weighted by Crippen LogP contribution is 2.26. The molecule has 18 heteroatoms. The van der Waals surface area contributed by atoms with Crippen molar-refractivity contribution in [1.29, 1.82) is 0 Å². The van der Waals surface area contributed by atoms with Gasteiger partial charge in [0.25, 0.3) is 11.8 Å². The standard InChI is InChI=1S/C41H41N7O11/c49-33(16-17-37(53)47-24-30-12-5-4-10-28(30)14-15-29-11-6-7-13-32(29)47)42-21-34(50)43-23-36(52)46-31(20-27-8-2-1-3-9-27)41(57)44-22-35(51)45-26-58-25-40(56)59-48-38(54)18-19-39(48)55/h1-13,31H,16-26H2,(H,42,49)(H,43,50)(H,44,57)(H,45,51)(H,46,52)/t31-/m0/s1. The van der Waals surface area contributed by atoms with Crippen LogP contribution in [0.15, 0.2) is 78.9 Å². The fourth-order valence-corrected chi connectivity index (χ4v) is 5.78. The van der Waals surface area contributed by atoms with Gasteiger partial charge in [-0.3, -0.25) is 38.4 Å². The number of hydroxylamine groups is 2. The quantitative estimate of drug-likeness (QED) is 0.0475. The summed E-state index contributed by atoms with van der Waals surface area (Å²) in [7, 11) is 0. The van der Waals surface area contributed by atoms with Gasteiger partial charge >= 0.3 is 5.97 Å². The number of nitrogens with one attached hydrogen (secondary N) is 5. The first-order valence-corrected chi connectivity index (χ1v) is 18.5.